The molecule has 1 rings (SSSR count). The second kappa shape index (κ2) is 8.08. The largest absolute Gasteiger partial charge is 0.386 e. The Hall–Kier alpha value is -1.49. The summed E-state index contributed by atoms with van der Waals surface area (Å²) in [7, 11) is 0. The van der Waals surface area contributed by atoms with Crippen molar-refractivity contribution in [3.8, 4) is 0 Å². The quantitative estimate of drug-likeness (QED) is 0.811. The van der Waals surface area contributed by atoms with Crippen molar-refractivity contribution in [2.75, 3.05) is 0 Å². The predicted molar refractivity (Wildman–Crippen MR) is 77.6 cm³/mol. The zero-order chi connectivity index (χ0) is 16.0. The first-order valence-electron chi connectivity index (χ1n) is 7.31. The van der Waals surface area contributed by atoms with E-state index in [9.17, 15) is 18.7 Å². The molecule has 0 radical (unpaired) electrons. The van der Waals surface area contributed by atoms with Gasteiger partial charge in [-0.25, -0.2) is 8.78 Å². The highest BCUT2D eigenvalue weighted by Crippen LogP contribution is 2.20. The summed E-state index contributed by atoms with van der Waals surface area (Å²) < 4.78 is 26.0. The smallest absolute Gasteiger partial charge is 0.220 e. The lowest BCUT2D eigenvalue weighted by Gasteiger charge is -2.22. The van der Waals surface area contributed by atoms with Crippen LogP contribution in [0.2, 0.25) is 0 Å². The second-order valence-electron chi connectivity index (χ2n) is 5.36. The van der Waals surface area contributed by atoms with Crippen LogP contribution in [0, 0.1) is 17.6 Å². The number of benzene rings is 1. The molecule has 1 aromatic carbocycles. The van der Waals surface area contributed by atoms with Crippen LogP contribution in [0.4, 0.5) is 8.78 Å². The zero-order valence-corrected chi connectivity index (χ0v) is 12.7. The number of hydrogen-bond acceptors (Lipinski definition) is 2. The first kappa shape index (κ1) is 17.6. The molecule has 0 bridgehead atoms. The van der Waals surface area contributed by atoms with Crippen LogP contribution in [-0.2, 0) is 4.79 Å². The van der Waals surface area contributed by atoms with Crippen molar-refractivity contribution in [2.45, 2.75) is 52.2 Å². The van der Waals surface area contributed by atoms with E-state index in [0.717, 1.165) is 25.0 Å². The van der Waals surface area contributed by atoms with Gasteiger partial charge in [0.2, 0.25) is 5.91 Å². The lowest BCUT2D eigenvalue weighted by atomic mass is 9.98. The van der Waals surface area contributed by atoms with Crippen LogP contribution in [0.1, 0.15) is 51.7 Å². The van der Waals surface area contributed by atoms with Crippen LogP contribution < -0.4 is 5.32 Å². The molecule has 2 N–H and O–H groups in total. The van der Waals surface area contributed by atoms with E-state index >= 15 is 0 Å². The molecule has 0 aromatic heterocycles. The molecular weight excluding hydrogens is 276 g/mol. The van der Waals surface area contributed by atoms with E-state index in [0.29, 0.717) is 12.3 Å². The van der Waals surface area contributed by atoms with Crippen LogP contribution in [0.5, 0.6) is 0 Å². The summed E-state index contributed by atoms with van der Waals surface area (Å²) in [6, 6.07) is 2.65. The first-order valence-corrected chi connectivity index (χ1v) is 7.31. The van der Waals surface area contributed by atoms with Crippen molar-refractivity contribution in [3.63, 3.8) is 0 Å². The maximum Gasteiger partial charge on any atom is 0.220 e. The molecule has 0 spiro atoms. The number of nitrogens with one attached hydrogen (secondary N) is 1. The molecule has 118 valence electrons. The van der Waals surface area contributed by atoms with Crippen LogP contribution in [-0.4, -0.2) is 17.1 Å². The van der Waals surface area contributed by atoms with Gasteiger partial charge in [0, 0.05) is 6.42 Å². The van der Waals surface area contributed by atoms with Gasteiger partial charge in [0.05, 0.1) is 12.1 Å². The average Bonchev–Trinajstić information content (AvgIpc) is 2.46. The number of amides is 1. The first-order chi connectivity index (χ1) is 9.88. The highest BCUT2D eigenvalue weighted by molar-refractivity contribution is 5.76. The molecule has 0 heterocycles. The Morgan fingerprint density at radius 3 is 2.38 bits per heavy atom. The van der Waals surface area contributed by atoms with Crippen LogP contribution in [0.25, 0.3) is 0 Å². The minimum Gasteiger partial charge on any atom is -0.386 e. The van der Waals surface area contributed by atoms with Crippen molar-refractivity contribution in [1.29, 1.82) is 0 Å². The van der Waals surface area contributed by atoms with Crippen molar-refractivity contribution in [3.05, 3.63) is 35.4 Å². The van der Waals surface area contributed by atoms with Gasteiger partial charge in [-0.1, -0.05) is 32.8 Å². The Kier molecular flexibility index (Phi) is 6.75. The van der Waals surface area contributed by atoms with Gasteiger partial charge in [0.25, 0.3) is 0 Å². The van der Waals surface area contributed by atoms with E-state index in [1.165, 1.54) is 6.07 Å². The fraction of sp³-hybridized carbons (Fsp3) is 0.562. The SMILES string of the molecule is CCC(CC)CC(=O)NC(C)C(O)c1ccc(F)c(F)c1. The number of carbonyl (C=O) groups is 1. The van der Waals surface area contributed by atoms with Gasteiger partial charge < -0.3 is 10.4 Å². The third-order valence-corrected chi connectivity index (χ3v) is 3.78. The summed E-state index contributed by atoms with van der Waals surface area (Å²) in [6.45, 7) is 5.69. The molecule has 0 aliphatic carbocycles. The van der Waals surface area contributed by atoms with Crippen LogP contribution in [0.15, 0.2) is 18.2 Å². The Balaban J connectivity index is 2.63. The summed E-state index contributed by atoms with van der Waals surface area (Å²) in [5.74, 6) is -1.80. The number of halogens is 2. The summed E-state index contributed by atoms with van der Waals surface area (Å²) in [6.07, 6.45) is 1.17. The van der Waals surface area contributed by atoms with E-state index < -0.39 is 23.8 Å². The number of aliphatic hydroxyl groups excluding tert-OH is 1. The lowest BCUT2D eigenvalue weighted by molar-refractivity contribution is -0.123. The second-order valence-corrected chi connectivity index (χ2v) is 5.36. The average molecular weight is 299 g/mol. The highest BCUT2D eigenvalue weighted by Gasteiger charge is 2.20. The molecule has 2 atom stereocenters. The zero-order valence-electron chi connectivity index (χ0n) is 12.7. The third-order valence-electron chi connectivity index (χ3n) is 3.78. The Morgan fingerprint density at radius 2 is 1.86 bits per heavy atom. The van der Waals surface area contributed by atoms with Gasteiger partial charge in [0.15, 0.2) is 11.6 Å². The van der Waals surface area contributed by atoms with Crippen LogP contribution in [0.3, 0.4) is 0 Å². The maximum atomic E-state index is 13.2. The molecule has 2 unspecified atom stereocenters. The van der Waals surface area contributed by atoms with Gasteiger partial charge in [-0.05, 0) is 30.5 Å². The van der Waals surface area contributed by atoms with Crippen LogP contribution >= 0.6 is 0 Å². The fourth-order valence-electron chi connectivity index (χ4n) is 2.22. The monoisotopic (exact) mass is 299 g/mol. The van der Waals surface area contributed by atoms with Crippen molar-refractivity contribution in [2.24, 2.45) is 5.92 Å². The lowest BCUT2D eigenvalue weighted by Crippen LogP contribution is -2.37. The van der Waals surface area contributed by atoms with Gasteiger partial charge in [-0.3, -0.25) is 4.79 Å². The molecule has 1 amide bonds. The Morgan fingerprint density at radius 1 is 1.24 bits per heavy atom. The standard InChI is InChI=1S/C16H23F2NO2/c1-4-11(5-2)8-15(20)19-10(3)16(21)12-6-7-13(17)14(18)9-12/h6-7,9-11,16,21H,4-5,8H2,1-3H3,(H,19,20). The highest BCUT2D eigenvalue weighted by atomic mass is 19.2. The van der Waals surface area contributed by atoms with Crippen molar-refractivity contribution in [1.82, 2.24) is 5.32 Å². The summed E-state index contributed by atoms with van der Waals surface area (Å²) >= 11 is 0. The molecule has 0 aliphatic heterocycles. The summed E-state index contributed by atoms with van der Waals surface area (Å²) in [5.41, 5.74) is 0.240. The van der Waals surface area contributed by atoms with E-state index in [4.69, 9.17) is 0 Å². The molecule has 0 saturated carbocycles. The molecule has 0 aliphatic rings. The number of aliphatic hydroxyl groups is 1. The van der Waals surface area contributed by atoms with Gasteiger partial charge in [0.1, 0.15) is 0 Å². The predicted octanol–water partition coefficient (Wildman–Crippen LogP) is 3.33. The maximum absolute atomic E-state index is 13.2. The van der Waals surface area contributed by atoms with Crippen molar-refractivity contribution >= 4 is 5.91 Å². The van der Waals surface area contributed by atoms with Gasteiger partial charge in [-0.15, -0.1) is 0 Å². The van der Waals surface area contributed by atoms with E-state index in [1.54, 1.807) is 6.92 Å². The van der Waals surface area contributed by atoms with E-state index in [-0.39, 0.29) is 11.5 Å². The minimum absolute atomic E-state index is 0.141. The fourth-order valence-corrected chi connectivity index (χ4v) is 2.22. The Bertz CT molecular complexity index is 475. The molecule has 21 heavy (non-hydrogen) atoms. The topological polar surface area (TPSA) is 49.3 Å². The molecule has 5 heteroatoms. The van der Waals surface area contributed by atoms with Crippen molar-refractivity contribution < 1.29 is 18.7 Å². The molecular formula is C16H23F2NO2. The molecule has 1 aromatic rings. The van der Waals surface area contributed by atoms with Gasteiger partial charge >= 0.3 is 0 Å². The van der Waals surface area contributed by atoms with Gasteiger partial charge in [-0.2, -0.15) is 0 Å². The third kappa shape index (κ3) is 5.08. The number of rotatable bonds is 7. The van der Waals surface area contributed by atoms with E-state index in [1.807, 2.05) is 13.8 Å². The number of hydrogen-bond donors (Lipinski definition) is 2. The minimum atomic E-state index is -1.08. The molecule has 3 nitrogen and oxygen atoms in total. The number of carbonyl (C=O) groups excluding carboxylic acids is 1. The Labute approximate surface area is 124 Å². The summed E-state index contributed by atoms with van der Waals surface area (Å²) in [4.78, 5) is 11.9. The van der Waals surface area contributed by atoms with E-state index in [2.05, 4.69) is 5.32 Å². The summed E-state index contributed by atoms with van der Waals surface area (Å²) in [5, 5.41) is 12.8. The molecule has 0 fully saturated rings. The molecule has 0 saturated heterocycles. The normalized spacial score (nSPS) is 14.0.